The van der Waals surface area contributed by atoms with Gasteiger partial charge in [0.1, 0.15) is 11.5 Å². The number of fused-ring (bicyclic) bond motifs is 1. The van der Waals surface area contributed by atoms with Crippen molar-refractivity contribution in [3.63, 3.8) is 0 Å². The first-order valence-electron chi connectivity index (χ1n) is 8.28. The molecule has 0 atom stereocenters. The summed E-state index contributed by atoms with van der Waals surface area (Å²) in [5, 5.41) is -0.0367. The Balaban J connectivity index is 2.11. The van der Waals surface area contributed by atoms with E-state index in [1.54, 1.807) is 30.3 Å². The van der Waals surface area contributed by atoms with Crippen LogP contribution in [0.25, 0.3) is 23.2 Å². The zero-order valence-corrected chi connectivity index (χ0v) is 14.6. The minimum atomic E-state index is -4.90. The Hall–Kier alpha value is -3.29. The molecule has 0 bridgehead atoms. The topological polar surface area (TPSA) is 52.1 Å². The molecule has 0 fully saturated rings. The average molecular weight is 390 g/mol. The van der Waals surface area contributed by atoms with Crippen molar-refractivity contribution < 1.29 is 27.1 Å². The number of halogens is 4. The summed E-state index contributed by atoms with van der Waals surface area (Å²) in [6, 6.07) is 10.8. The lowest BCUT2D eigenvalue weighted by molar-refractivity contribution is -0.141. The van der Waals surface area contributed by atoms with Gasteiger partial charge < -0.3 is 4.74 Å². The van der Waals surface area contributed by atoms with E-state index < -0.39 is 29.2 Å². The van der Waals surface area contributed by atoms with Crippen LogP contribution >= 0.6 is 0 Å². The highest BCUT2D eigenvalue weighted by molar-refractivity contribution is 5.95. The molecule has 3 rings (SSSR count). The summed E-state index contributed by atoms with van der Waals surface area (Å²) in [5.74, 6) is -1.94. The van der Waals surface area contributed by atoms with Crippen LogP contribution < -0.4 is 0 Å². The molecule has 2 aromatic heterocycles. The van der Waals surface area contributed by atoms with Gasteiger partial charge in [-0.1, -0.05) is 36.4 Å². The van der Waals surface area contributed by atoms with Crippen molar-refractivity contribution in [3.8, 4) is 0 Å². The summed E-state index contributed by atoms with van der Waals surface area (Å²) in [6.07, 6.45) is -1.97. The van der Waals surface area contributed by atoms with Crippen molar-refractivity contribution in [2.24, 2.45) is 0 Å². The Morgan fingerprint density at radius 1 is 1.11 bits per heavy atom. The van der Waals surface area contributed by atoms with E-state index in [9.17, 15) is 22.4 Å². The van der Waals surface area contributed by atoms with Gasteiger partial charge in [-0.2, -0.15) is 13.2 Å². The van der Waals surface area contributed by atoms with Gasteiger partial charge in [-0.3, -0.25) is 0 Å². The third-order valence-corrected chi connectivity index (χ3v) is 3.78. The van der Waals surface area contributed by atoms with Gasteiger partial charge in [0.25, 0.3) is 0 Å². The fraction of sp³-hybridized carbons (Fsp3) is 0.150. The molecule has 28 heavy (non-hydrogen) atoms. The largest absolute Gasteiger partial charge is 0.462 e. The summed E-state index contributed by atoms with van der Waals surface area (Å²) in [4.78, 5) is 19.2. The van der Waals surface area contributed by atoms with E-state index in [-0.39, 0.29) is 23.3 Å². The van der Waals surface area contributed by atoms with Gasteiger partial charge >= 0.3 is 12.1 Å². The Morgan fingerprint density at radius 3 is 2.46 bits per heavy atom. The molecule has 2 heterocycles. The van der Waals surface area contributed by atoms with Crippen LogP contribution in [0.15, 0.2) is 42.5 Å². The number of hydrogen-bond acceptors (Lipinski definition) is 4. The lowest BCUT2D eigenvalue weighted by Crippen LogP contribution is -2.17. The highest BCUT2D eigenvalue weighted by atomic mass is 19.4. The van der Waals surface area contributed by atoms with Crippen LogP contribution in [0.5, 0.6) is 0 Å². The number of nitrogens with zero attached hydrogens (tertiary/aromatic N) is 2. The van der Waals surface area contributed by atoms with Gasteiger partial charge in [-0.05, 0) is 30.7 Å². The van der Waals surface area contributed by atoms with Crippen LogP contribution in [-0.4, -0.2) is 22.5 Å². The molecule has 0 radical (unpaired) electrons. The Bertz CT molecular complexity index is 1050. The molecule has 0 saturated heterocycles. The van der Waals surface area contributed by atoms with Gasteiger partial charge in [-0.15, -0.1) is 0 Å². The first-order chi connectivity index (χ1) is 13.3. The number of benzene rings is 1. The maximum atomic E-state index is 14.4. The number of esters is 1. The van der Waals surface area contributed by atoms with E-state index in [1.807, 2.05) is 6.07 Å². The van der Waals surface area contributed by atoms with Gasteiger partial charge in [0.15, 0.2) is 11.3 Å². The molecule has 0 aliphatic carbocycles. The second-order valence-electron chi connectivity index (χ2n) is 5.75. The lowest BCUT2D eigenvalue weighted by Gasteiger charge is -2.12. The Labute approximate surface area is 157 Å². The van der Waals surface area contributed by atoms with E-state index in [1.165, 1.54) is 13.0 Å². The number of carbonyl (C=O) groups excluding carboxylic acids is 1. The van der Waals surface area contributed by atoms with Crippen LogP contribution in [0.4, 0.5) is 17.6 Å². The average Bonchev–Trinajstić information content (AvgIpc) is 2.65. The first kappa shape index (κ1) is 19.5. The molecule has 8 heteroatoms. The van der Waals surface area contributed by atoms with E-state index in [0.29, 0.717) is 0 Å². The van der Waals surface area contributed by atoms with Gasteiger partial charge in [0.05, 0.1) is 12.2 Å². The molecule has 0 N–H and O–H groups in total. The van der Waals surface area contributed by atoms with Crippen molar-refractivity contribution in [2.75, 3.05) is 6.61 Å². The molecule has 4 nitrogen and oxygen atoms in total. The maximum absolute atomic E-state index is 14.4. The zero-order chi connectivity index (χ0) is 20.3. The molecule has 0 aliphatic rings. The molecule has 0 unspecified atom stereocenters. The zero-order valence-electron chi connectivity index (χ0n) is 14.6. The fourth-order valence-electron chi connectivity index (χ4n) is 2.53. The van der Waals surface area contributed by atoms with E-state index in [0.717, 1.165) is 17.7 Å². The van der Waals surface area contributed by atoms with Crippen LogP contribution in [0.3, 0.4) is 0 Å². The molecular weight excluding hydrogens is 376 g/mol. The molecule has 144 valence electrons. The third-order valence-electron chi connectivity index (χ3n) is 3.78. The van der Waals surface area contributed by atoms with E-state index >= 15 is 0 Å². The minimum Gasteiger partial charge on any atom is -0.462 e. The van der Waals surface area contributed by atoms with Crippen molar-refractivity contribution in [1.82, 2.24) is 9.97 Å². The van der Waals surface area contributed by atoms with Crippen LogP contribution in [0.1, 0.15) is 34.2 Å². The number of ether oxygens (including phenoxy) is 1. The molecule has 0 amide bonds. The summed E-state index contributed by atoms with van der Waals surface area (Å²) in [6.45, 7) is 1.36. The highest BCUT2D eigenvalue weighted by Gasteiger charge is 2.38. The second-order valence-corrected chi connectivity index (χ2v) is 5.75. The number of carbonyl (C=O) groups is 1. The van der Waals surface area contributed by atoms with Crippen molar-refractivity contribution in [3.05, 3.63) is 70.8 Å². The summed E-state index contributed by atoms with van der Waals surface area (Å²) in [5.41, 5.74) is -1.92. The fourth-order valence-corrected chi connectivity index (χ4v) is 2.53. The second kappa shape index (κ2) is 7.75. The van der Waals surface area contributed by atoms with Gasteiger partial charge in [0, 0.05) is 5.39 Å². The smallest absolute Gasteiger partial charge is 0.434 e. The number of aromatic nitrogens is 2. The number of pyridine rings is 2. The summed E-state index contributed by atoms with van der Waals surface area (Å²) >= 11 is 0. The monoisotopic (exact) mass is 390 g/mol. The van der Waals surface area contributed by atoms with Crippen molar-refractivity contribution in [2.45, 2.75) is 13.1 Å². The number of alkyl halides is 3. The molecular formula is C20H14F4N2O2. The standard InChI is InChI=1S/C20H14F4N2O2/c1-2-28-19(27)14-10-13-11-15(21)16(9-8-12-6-4-3-5-7-12)25-18(13)26-17(14)20(22,23)24/h3-11H,2H2,1H3. The molecule has 0 spiro atoms. The Morgan fingerprint density at radius 2 is 1.82 bits per heavy atom. The predicted octanol–water partition coefficient (Wildman–Crippen LogP) is 5.13. The SMILES string of the molecule is CCOC(=O)c1cc2cc(F)c(C=Cc3ccccc3)nc2nc1C(F)(F)F. The van der Waals surface area contributed by atoms with Crippen molar-refractivity contribution >= 4 is 29.2 Å². The van der Waals surface area contributed by atoms with Gasteiger partial charge in [0.2, 0.25) is 0 Å². The first-order valence-corrected chi connectivity index (χ1v) is 8.28. The van der Waals surface area contributed by atoms with Crippen LogP contribution in [-0.2, 0) is 10.9 Å². The predicted molar refractivity (Wildman–Crippen MR) is 95.8 cm³/mol. The molecule has 1 aromatic carbocycles. The minimum absolute atomic E-state index is 0.0367. The normalized spacial score (nSPS) is 11.9. The number of hydrogen-bond donors (Lipinski definition) is 0. The maximum Gasteiger partial charge on any atom is 0.434 e. The van der Waals surface area contributed by atoms with Crippen LogP contribution in [0, 0.1) is 5.82 Å². The lowest BCUT2D eigenvalue weighted by atomic mass is 10.1. The van der Waals surface area contributed by atoms with Crippen molar-refractivity contribution in [1.29, 1.82) is 0 Å². The van der Waals surface area contributed by atoms with E-state index in [4.69, 9.17) is 0 Å². The molecule has 3 aromatic rings. The molecule has 0 saturated carbocycles. The van der Waals surface area contributed by atoms with Crippen LogP contribution in [0.2, 0.25) is 0 Å². The Kier molecular flexibility index (Phi) is 5.39. The van der Waals surface area contributed by atoms with Gasteiger partial charge in [-0.25, -0.2) is 19.2 Å². The quantitative estimate of drug-likeness (QED) is 0.458. The highest BCUT2D eigenvalue weighted by Crippen LogP contribution is 2.33. The molecule has 0 aliphatic heterocycles. The number of rotatable bonds is 4. The third kappa shape index (κ3) is 4.16. The van der Waals surface area contributed by atoms with E-state index in [2.05, 4.69) is 14.7 Å². The summed E-state index contributed by atoms with van der Waals surface area (Å²) < 4.78 is 59.0. The summed E-state index contributed by atoms with van der Waals surface area (Å²) in [7, 11) is 0.